The lowest BCUT2D eigenvalue weighted by atomic mass is 10.1. The van der Waals surface area contributed by atoms with Crippen LogP contribution in [0.2, 0.25) is 0 Å². The number of carbonyl (C=O) groups is 1. The van der Waals surface area contributed by atoms with E-state index < -0.39 is 11.9 Å². The second-order valence-corrected chi connectivity index (χ2v) is 1.48. The van der Waals surface area contributed by atoms with Crippen molar-refractivity contribution >= 4 is 5.97 Å². The standard InChI is InChI=1S/C6H9NO2/c1-2-5(3-4-7)6(8)9/h2-5H,1,7H2,(H,8,9). The molecule has 0 fully saturated rings. The third-order valence-electron chi connectivity index (χ3n) is 0.858. The summed E-state index contributed by atoms with van der Waals surface area (Å²) in [5, 5.41) is 8.33. The van der Waals surface area contributed by atoms with Crippen LogP contribution in [-0.4, -0.2) is 11.1 Å². The molecule has 1 atom stereocenters. The topological polar surface area (TPSA) is 63.3 Å². The smallest absolute Gasteiger partial charge is 0.314 e. The molecular weight excluding hydrogens is 118 g/mol. The van der Waals surface area contributed by atoms with Crippen LogP contribution in [0.4, 0.5) is 0 Å². The van der Waals surface area contributed by atoms with Crippen molar-refractivity contribution in [3.8, 4) is 0 Å². The van der Waals surface area contributed by atoms with Gasteiger partial charge in [0.25, 0.3) is 0 Å². The zero-order valence-corrected chi connectivity index (χ0v) is 4.95. The third kappa shape index (κ3) is 2.54. The van der Waals surface area contributed by atoms with Gasteiger partial charge in [0, 0.05) is 0 Å². The Morgan fingerprint density at radius 3 is 2.44 bits per heavy atom. The van der Waals surface area contributed by atoms with Crippen molar-refractivity contribution in [3.63, 3.8) is 0 Å². The van der Waals surface area contributed by atoms with E-state index in [9.17, 15) is 4.79 Å². The number of nitrogens with two attached hydrogens (primary N) is 1. The monoisotopic (exact) mass is 127 g/mol. The van der Waals surface area contributed by atoms with Crippen LogP contribution < -0.4 is 5.73 Å². The molecule has 0 bridgehead atoms. The van der Waals surface area contributed by atoms with E-state index in [1.807, 2.05) is 0 Å². The van der Waals surface area contributed by atoms with Gasteiger partial charge in [-0.15, -0.1) is 6.58 Å². The summed E-state index contributed by atoms with van der Waals surface area (Å²) >= 11 is 0. The molecule has 0 radical (unpaired) electrons. The third-order valence-corrected chi connectivity index (χ3v) is 0.858. The number of hydrogen-bond acceptors (Lipinski definition) is 2. The molecule has 0 aromatic carbocycles. The van der Waals surface area contributed by atoms with E-state index in [2.05, 4.69) is 6.58 Å². The Kier molecular flexibility index (Phi) is 3.20. The summed E-state index contributed by atoms with van der Waals surface area (Å²) < 4.78 is 0. The van der Waals surface area contributed by atoms with Gasteiger partial charge in [-0.25, -0.2) is 0 Å². The predicted molar refractivity (Wildman–Crippen MR) is 34.7 cm³/mol. The zero-order chi connectivity index (χ0) is 7.28. The molecule has 0 aliphatic heterocycles. The minimum Gasteiger partial charge on any atom is -0.481 e. The Morgan fingerprint density at radius 1 is 1.78 bits per heavy atom. The Balaban J connectivity index is 3.98. The fourth-order valence-corrected chi connectivity index (χ4v) is 0.381. The highest BCUT2D eigenvalue weighted by atomic mass is 16.4. The molecule has 3 nitrogen and oxygen atoms in total. The number of hydrogen-bond donors (Lipinski definition) is 2. The van der Waals surface area contributed by atoms with E-state index in [1.165, 1.54) is 18.4 Å². The van der Waals surface area contributed by atoms with Crippen LogP contribution in [0.5, 0.6) is 0 Å². The van der Waals surface area contributed by atoms with Crippen molar-refractivity contribution in [1.29, 1.82) is 0 Å². The van der Waals surface area contributed by atoms with E-state index in [1.54, 1.807) is 0 Å². The molecule has 0 amide bonds. The largest absolute Gasteiger partial charge is 0.481 e. The molecule has 0 aliphatic carbocycles. The van der Waals surface area contributed by atoms with Crippen molar-refractivity contribution in [2.24, 2.45) is 11.7 Å². The molecule has 0 heterocycles. The van der Waals surface area contributed by atoms with Crippen LogP contribution in [0, 0.1) is 5.92 Å². The van der Waals surface area contributed by atoms with E-state index in [4.69, 9.17) is 10.8 Å². The molecule has 0 aliphatic rings. The molecule has 0 rings (SSSR count). The summed E-state index contributed by atoms with van der Waals surface area (Å²) in [5.74, 6) is -1.60. The lowest BCUT2D eigenvalue weighted by Gasteiger charge is -1.95. The van der Waals surface area contributed by atoms with E-state index in [0.717, 1.165) is 0 Å². The molecule has 1 unspecified atom stereocenters. The van der Waals surface area contributed by atoms with Gasteiger partial charge in [0.05, 0.1) is 5.92 Å². The summed E-state index contributed by atoms with van der Waals surface area (Å²) in [4.78, 5) is 10.1. The molecular formula is C6H9NO2. The minimum atomic E-state index is -0.938. The van der Waals surface area contributed by atoms with E-state index >= 15 is 0 Å². The summed E-state index contributed by atoms with van der Waals surface area (Å²) in [6.45, 7) is 3.31. The number of carboxylic acid groups (broad SMARTS) is 1. The molecule has 3 N–H and O–H groups in total. The van der Waals surface area contributed by atoms with Gasteiger partial charge in [0.15, 0.2) is 0 Å². The number of aliphatic carboxylic acids is 1. The maximum absolute atomic E-state index is 10.1. The van der Waals surface area contributed by atoms with E-state index in [-0.39, 0.29) is 0 Å². The molecule has 0 saturated carbocycles. The molecule has 0 aromatic rings. The van der Waals surface area contributed by atoms with E-state index in [0.29, 0.717) is 0 Å². The normalized spacial score (nSPS) is 13.3. The molecule has 50 valence electrons. The number of carboxylic acids is 1. The molecule has 0 saturated heterocycles. The zero-order valence-electron chi connectivity index (χ0n) is 4.95. The fourth-order valence-electron chi connectivity index (χ4n) is 0.381. The lowest BCUT2D eigenvalue weighted by molar-refractivity contribution is -0.138. The highest BCUT2D eigenvalue weighted by Crippen LogP contribution is 1.97. The average molecular weight is 127 g/mol. The Hall–Kier alpha value is -1.25. The van der Waals surface area contributed by atoms with Crippen molar-refractivity contribution in [3.05, 3.63) is 24.9 Å². The summed E-state index contributed by atoms with van der Waals surface area (Å²) in [6, 6.07) is 0. The van der Waals surface area contributed by atoms with Gasteiger partial charge < -0.3 is 10.8 Å². The first kappa shape index (κ1) is 7.75. The maximum Gasteiger partial charge on any atom is 0.314 e. The SMILES string of the molecule is C=CC(C=CN)C(=O)O. The van der Waals surface area contributed by atoms with Crippen molar-refractivity contribution in [1.82, 2.24) is 0 Å². The first-order chi connectivity index (χ1) is 4.22. The first-order valence-corrected chi connectivity index (χ1v) is 2.46. The molecule has 0 aromatic heterocycles. The van der Waals surface area contributed by atoms with Gasteiger partial charge >= 0.3 is 5.97 Å². The average Bonchev–Trinajstić information content (AvgIpc) is 1.82. The fraction of sp³-hybridized carbons (Fsp3) is 0.167. The highest BCUT2D eigenvalue weighted by Gasteiger charge is 2.06. The van der Waals surface area contributed by atoms with Gasteiger partial charge in [0.2, 0.25) is 0 Å². The maximum atomic E-state index is 10.1. The van der Waals surface area contributed by atoms with Gasteiger partial charge in [-0.05, 0) is 6.20 Å². The van der Waals surface area contributed by atoms with Crippen LogP contribution in [0.3, 0.4) is 0 Å². The van der Waals surface area contributed by atoms with Crippen LogP contribution in [0.15, 0.2) is 24.9 Å². The van der Waals surface area contributed by atoms with Gasteiger partial charge in [-0.3, -0.25) is 4.79 Å². The second kappa shape index (κ2) is 3.72. The van der Waals surface area contributed by atoms with Crippen LogP contribution >= 0.6 is 0 Å². The summed E-state index contributed by atoms with van der Waals surface area (Å²) in [7, 11) is 0. The van der Waals surface area contributed by atoms with Crippen molar-refractivity contribution in [2.45, 2.75) is 0 Å². The lowest BCUT2D eigenvalue weighted by Crippen LogP contribution is -2.07. The first-order valence-electron chi connectivity index (χ1n) is 2.46. The van der Waals surface area contributed by atoms with Gasteiger partial charge in [0.1, 0.15) is 0 Å². The Bertz CT molecular complexity index is 140. The van der Waals surface area contributed by atoms with Gasteiger partial charge in [-0.2, -0.15) is 0 Å². The quantitative estimate of drug-likeness (QED) is 0.537. The number of rotatable bonds is 3. The predicted octanol–water partition coefficient (Wildman–Crippen LogP) is 0.346. The summed E-state index contributed by atoms with van der Waals surface area (Å²) in [6.07, 6.45) is 3.86. The van der Waals surface area contributed by atoms with Crippen LogP contribution in [-0.2, 0) is 4.79 Å². The Labute approximate surface area is 53.5 Å². The van der Waals surface area contributed by atoms with Crippen LogP contribution in [0.25, 0.3) is 0 Å². The van der Waals surface area contributed by atoms with Crippen molar-refractivity contribution < 1.29 is 9.90 Å². The Morgan fingerprint density at radius 2 is 2.33 bits per heavy atom. The van der Waals surface area contributed by atoms with Crippen LogP contribution in [0.1, 0.15) is 0 Å². The highest BCUT2D eigenvalue weighted by molar-refractivity contribution is 5.74. The second-order valence-electron chi connectivity index (χ2n) is 1.48. The summed E-state index contributed by atoms with van der Waals surface area (Å²) in [5.41, 5.74) is 4.95. The minimum absolute atomic E-state index is 0.657. The molecule has 3 heteroatoms. The van der Waals surface area contributed by atoms with Crippen molar-refractivity contribution in [2.75, 3.05) is 0 Å². The molecule has 9 heavy (non-hydrogen) atoms. The van der Waals surface area contributed by atoms with Gasteiger partial charge in [-0.1, -0.05) is 12.2 Å². The molecule has 0 spiro atoms.